The zero-order chi connectivity index (χ0) is 11.6. The van der Waals surface area contributed by atoms with Gasteiger partial charge in [0.25, 0.3) is 0 Å². The summed E-state index contributed by atoms with van der Waals surface area (Å²) in [6.07, 6.45) is -1.58. The number of esters is 1. The Hall–Kier alpha value is -0.640. The van der Waals surface area contributed by atoms with Gasteiger partial charge in [-0.2, -0.15) is 0 Å². The fraction of sp³-hybridized carbons (Fsp3) is 0.909. The first kappa shape index (κ1) is 12.4. The van der Waals surface area contributed by atoms with E-state index in [1.165, 1.54) is 6.92 Å². The van der Waals surface area contributed by atoms with E-state index in [2.05, 4.69) is 0 Å². The van der Waals surface area contributed by atoms with Gasteiger partial charge in [0.15, 0.2) is 0 Å². The van der Waals surface area contributed by atoms with Gasteiger partial charge in [0.1, 0.15) is 6.61 Å². The molecular formula is C11H19FO3. The molecule has 0 bridgehead atoms. The Bertz CT molecular complexity index is 232. The summed E-state index contributed by atoms with van der Waals surface area (Å²) in [5.74, 6) is -0.0262. The molecule has 0 aromatic carbocycles. The van der Waals surface area contributed by atoms with Crippen molar-refractivity contribution in [3.63, 3.8) is 0 Å². The number of ether oxygens (including phenoxy) is 2. The summed E-state index contributed by atoms with van der Waals surface area (Å²) in [7, 11) is 0. The molecule has 88 valence electrons. The van der Waals surface area contributed by atoms with Crippen LogP contribution >= 0.6 is 0 Å². The molecule has 1 saturated heterocycles. The summed E-state index contributed by atoms with van der Waals surface area (Å²) in [4.78, 5) is 10.6. The van der Waals surface area contributed by atoms with Gasteiger partial charge >= 0.3 is 5.97 Å². The van der Waals surface area contributed by atoms with E-state index >= 15 is 0 Å². The maximum atomic E-state index is 13.4. The van der Waals surface area contributed by atoms with Crippen molar-refractivity contribution in [1.29, 1.82) is 0 Å². The van der Waals surface area contributed by atoms with E-state index in [1.54, 1.807) is 0 Å². The molecule has 0 radical (unpaired) electrons. The third-order valence-corrected chi connectivity index (χ3v) is 3.41. The SMILES string of the molecule is CC(=O)OCC1O[C@@H](F)C(C)[C@@H](C)[C@@H]1C. The minimum atomic E-state index is -1.25. The van der Waals surface area contributed by atoms with E-state index in [0.29, 0.717) is 0 Å². The molecule has 0 aromatic rings. The molecule has 0 spiro atoms. The summed E-state index contributed by atoms with van der Waals surface area (Å²) in [6, 6.07) is 0. The standard InChI is InChI=1S/C11H19FO3/c1-6-7(2)10(5-14-9(4)13)15-11(12)8(6)3/h6-8,10-11H,5H2,1-4H3/t6-,7-,8?,10?,11+/m0/s1. The largest absolute Gasteiger partial charge is 0.463 e. The number of hydrogen-bond acceptors (Lipinski definition) is 3. The number of halogens is 1. The highest BCUT2D eigenvalue weighted by molar-refractivity contribution is 5.65. The Morgan fingerprint density at radius 2 is 1.87 bits per heavy atom. The van der Waals surface area contributed by atoms with Crippen LogP contribution in [0.2, 0.25) is 0 Å². The summed E-state index contributed by atoms with van der Waals surface area (Å²) in [5, 5.41) is 0. The van der Waals surface area contributed by atoms with Crippen LogP contribution in [-0.2, 0) is 14.3 Å². The van der Waals surface area contributed by atoms with Gasteiger partial charge in [0.2, 0.25) is 6.36 Å². The Morgan fingerprint density at radius 3 is 2.40 bits per heavy atom. The Balaban J connectivity index is 2.54. The number of hydrogen-bond donors (Lipinski definition) is 0. The highest BCUT2D eigenvalue weighted by Crippen LogP contribution is 2.35. The quantitative estimate of drug-likeness (QED) is 0.666. The monoisotopic (exact) mass is 218 g/mol. The van der Waals surface area contributed by atoms with E-state index in [9.17, 15) is 9.18 Å². The van der Waals surface area contributed by atoms with Crippen molar-refractivity contribution >= 4 is 5.97 Å². The van der Waals surface area contributed by atoms with Crippen LogP contribution in [0.5, 0.6) is 0 Å². The van der Waals surface area contributed by atoms with Crippen LogP contribution in [0.1, 0.15) is 27.7 Å². The zero-order valence-electron chi connectivity index (χ0n) is 9.70. The van der Waals surface area contributed by atoms with Gasteiger partial charge in [-0.05, 0) is 11.8 Å². The predicted octanol–water partition coefficient (Wildman–Crippen LogP) is 2.15. The minimum Gasteiger partial charge on any atom is -0.463 e. The molecule has 3 nitrogen and oxygen atoms in total. The van der Waals surface area contributed by atoms with Crippen LogP contribution in [0.25, 0.3) is 0 Å². The first-order valence-electron chi connectivity index (χ1n) is 5.36. The van der Waals surface area contributed by atoms with Crippen LogP contribution in [0, 0.1) is 17.8 Å². The van der Waals surface area contributed by atoms with Crippen molar-refractivity contribution in [2.45, 2.75) is 40.2 Å². The zero-order valence-corrected chi connectivity index (χ0v) is 9.70. The van der Waals surface area contributed by atoms with Gasteiger partial charge in [-0.15, -0.1) is 0 Å². The Morgan fingerprint density at radius 1 is 1.27 bits per heavy atom. The number of rotatable bonds is 2. The van der Waals surface area contributed by atoms with E-state index in [-0.39, 0.29) is 36.4 Å². The van der Waals surface area contributed by atoms with Gasteiger partial charge < -0.3 is 9.47 Å². The fourth-order valence-corrected chi connectivity index (χ4v) is 1.86. The van der Waals surface area contributed by atoms with Crippen LogP contribution in [0.15, 0.2) is 0 Å². The molecule has 1 rings (SSSR count). The highest BCUT2D eigenvalue weighted by Gasteiger charge is 2.39. The first-order chi connectivity index (χ1) is 6.93. The van der Waals surface area contributed by atoms with Crippen LogP contribution in [-0.4, -0.2) is 25.0 Å². The van der Waals surface area contributed by atoms with Gasteiger partial charge in [-0.3, -0.25) is 4.79 Å². The van der Waals surface area contributed by atoms with E-state index in [1.807, 2.05) is 20.8 Å². The summed E-state index contributed by atoms with van der Waals surface area (Å²) >= 11 is 0. The third kappa shape index (κ3) is 2.91. The fourth-order valence-electron chi connectivity index (χ4n) is 1.86. The minimum absolute atomic E-state index is 0.103. The van der Waals surface area contributed by atoms with Crippen molar-refractivity contribution in [3.8, 4) is 0 Å². The lowest BCUT2D eigenvalue weighted by Gasteiger charge is -2.40. The smallest absolute Gasteiger partial charge is 0.302 e. The average molecular weight is 218 g/mol. The molecule has 1 heterocycles. The molecule has 1 aliphatic rings. The Labute approximate surface area is 89.9 Å². The molecule has 0 aromatic heterocycles. The topological polar surface area (TPSA) is 35.5 Å². The van der Waals surface area contributed by atoms with Crippen molar-refractivity contribution in [2.75, 3.05) is 6.61 Å². The second-order valence-corrected chi connectivity index (χ2v) is 4.41. The first-order valence-corrected chi connectivity index (χ1v) is 5.36. The van der Waals surface area contributed by atoms with E-state index in [0.717, 1.165) is 0 Å². The molecule has 2 unspecified atom stereocenters. The second kappa shape index (κ2) is 4.92. The lowest BCUT2D eigenvalue weighted by Crippen LogP contribution is -2.45. The summed E-state index contributed by atoms with van der Waals surface area (Å²) < 4.78 is 23.5. The van der Waals surface area contributed by atoms with Gasteiger partial charge in [-0.25, -0.2) is 4.39 Å². The van der Waals surface area contributed by atoms with Gasteiger partial charge in [0, 0.05) is 12.8 Å². The molecule has 0 saturated carbocycles. The number of alkyl halides is 1. The lowest BCUT2D eigenvalue weighted by atomic mass is 9.79. The maximum absolute atomic E-state index is 13.4. The molecule has 0 N–H and O–H groups in total. The van der Waals surface area contributed by atoms with E-state index in [4.69, 9.17) is 9.47 Å². The molecule has 1 fully saturated rings. The molecule has 0 aliphatic carbocycles. The predicted molar refractivity (Wildman–Crippen MR) is 53.9 cm³/mol. The highest BCUT2D eigenvalue weighted by atomic mass is 19.1. The third-order valence-electron chi connectivity index (χ3n) is 3.41. The van der Waals surface area contributed by atoms with Crippen LogP contribution in [0.3, 0.4) is 0 Å². The van der Waals surface area contributed by atoms with E-state index < -0.39 is 6.36 Å². The molecule has 4 heteroatoms. The second-order valence-electron chi connectivity index (χ2n) is 4.41. The van der Waals surface area contributed by atoms with Crippen molar-refractivity contribution in [1.82, 2.24) is 0 Å². The average Bonchev–Trinajstić information content (AvgIpc) is 2.18. The molecular weight excluding hydrogens is 199 g/mol. The van der Waals surface area contributed by atoms with Crippen LogP contribution < -0.4 is 0 Å². The van der Waals surface area contributed by atoms with Crippen molar-refractivity contribution < 1.29 is 18.7 Å². The normalized spacial score (nSPS) is 41.3. The molecule has 0 amide bonds. The van der Waals surface area contributed by atoms with Gasteiger partial charge in [-0.1, -0.05) is 20.8 Å². The molecule has 5 atom stereocenters. The molecule has 15 heavy (non-hydrogen) atoms. The Kier molecular flexibility index (Phi) is 4.08. The van der Waals surface area contributed by atoms with Crippen LogP contribution in [0.4, 0.5) is 4.39 Å². The number of carbonyl (C=O) groups is 1. The maximum Gasteiger partial charge on any atom is 0.302 e. The van der Waals surface area contributed by atoms with Crippen molar-refractivity contribution in [2.24, 2.45) is 17.8 Å². The summed E-state index contributed by atoms with van der Waals surface area (Å²) in [5.41, 5.74) is 0. The lowest BCUT2D eigenvalue weighted by molar-refractivity contribution is -0.203. The van der Waals surface area contributed by atoms with Crippen molar-refractivity contribution in [3.05, 3.63) is 0 Å². The van der Waals surface area contributed by atoms with Gasteiger partial charge in [0.05, 0.1) is 6.10 Å². The number of carbonyl (C=O) groups excluding carboxylic acids is 1. The molecule has 1 aliphatic heterocycles. The summed E-state index contributed by atoms with van der Waals surface area (Å²) in [6.45, 7) is 7.33.